The first kappa shape index (κ1) is 13.4. The number of hydrogen-bond donors (Lipinski definition) is 1. The number of fused-ring (bicyclic) bond motifs is 1. The van der Waals surface area contributed by atoms with Crippen molar-refractivity contribution in [3.63, 3.8) is 0 Å². The second kappa shape index (κ2) is 5.40. The van der Waals surface area contributed by atoms with Gasteiger partial charge in [-0.1, -0.05) is 13.8 Å². The molecule has 2 aromatic rings. The van der Waals surface area contributed by atoms with Crippen LogP contribution in [-0.2, 0) is 0 Å². The molecule has 0 atom stereocenters. The van der Waals surface area contributed by atoms with Gasteiger partial charge in [-0.25, -0.2) is 9.50 Å². The van der Waals surface area contributed by atoms with Gasteiger partial charge in [0.2, 0.25) is 0 Å². The first-order chi connectivity index (χ1) is 9.70. The van der Waals surface area contributed by atoms with Crippen LogP contribution in [0.25, 0.3) is 5.52 Å². The minimum Gasteiger partial charge on any atom is -0.352 e. The number of hydrogen-bond acceptors (Lipinski definition) is 4. The third kappa shape index (κ3) is 2.50. The third-order valence-corrected chi connectivity index (χ3v) is 3.84. The second-order valence-corrected chi connectivity index (χ2v) is 5.87. The summed E-state index contributed by atoms with van der Waals surface area (Å²) in [6.45, 7) is 6.04. The topological polar surface area (TPSA) is 59.5 Å². The average Bonchev–Trinajstić information content (AvgIpc) is 3.17. The maximum atomic E-state index is 5.67. The summed E-state index contributed by atoms with van der Waals surface area (Å²) in [6, 6.07) is 2.81. The molecular formula is C15H23N5. The quantitative estimate of drug-likeness (QED) is 0.876. The molecular weight excluding hydrogens is 250 g/mol. The van der Waals surface area contributed by atoms with Crippen LogP contribution < -0.4 is 10.6 Å². The Morgan fingerprint density at radius 3 is 2.90 bits per heavy atom. The molecule has 1 saturated carbocycles. The van der Waals surface area contributed by atoms with Gasteiger partial charge >= 0.3 is 0 Å². The monoisotopic (exact) mass is 273 g/mol. The van der Waals surface area contributed by atoms with Gasteiger partial charge in [-0.15, -0.1) is 0 Å². The minimum atomic E-state index is 0.432. The highest BCUT2D eigenvalue weighted by Crippen LogP contribution is 2.33. The van der Waals surface area contributed by atoms with Crippen molar-refractivity contribution in [1.29, 1.82) is 0 Å². The van der Waals surface area contributed by atoms with E-state index in [0.717, 1.165) is 36.5 Å². The summed E-state index contributed by atoms with van der Waals surface area (Å²) in [7, 11) is 0. The molecule has 1 aliphatic carbocycles. The fraction of sp³-hybridized carbons (Fsp3) is 0.600. The average molecular weight is 273 g/mol. The molecule has 0 saturated heterocycles. The van der Waals surface area contributed by atoms with E-state index in [0.29, 0.717) is 12.0 Å². The molecule has 5 nitrogen and oxygen atoms in total. The molecule has 0 spiro atoms. The highest BCUT2D eigenvalue weighted by molar-refractivity contribution is 5.70. The molecule has 5 heteroatoms. The summed E-state index contributed by atoms with van der Waals surface area (Å²) >= 11 is 0. The van der Waals surface area contributed by atoms with Crippen molar-refractivity contribution >= 4 is 11.3 Å². The Morgan fingerprint density at radius 1 is 1.45 bits per heavy atom. The lowest BCUT2D eigenvalue weighted by atomic mass is 10.1. The maximum Gasteiger partial charge on any atom is 0.154 e. The van der Waals surface area contributed by atoms with E-state index in [1.165, 1.54) is 12.8 Å². The highest BCUT2D eigenvalue weighted by Gasteiger charge is 2.31. The third-order valence-electron chi connectivity index (χ3n) is 3.84. The lowest BCUT2D eigenvalue weighted by Gasteiger charge is -2.23. The number of nitrogens with zero attached hydrogens (tertiary/aromatic N) is 4. The lowest BCUT2D eigenvalue weighted by Crippen LogP contribution is -2.29. The molecule has 0 bridgehead atoms. The van der Waals surface area contributed by atoms with Crippen molar-refractivity contribution in [3.05, 3.63) is 24.2 Å². The fourth-order valence-electron chi connectivity index (χ4n) is 2.54. The Hall–Kier alpha value is -1.62. The largest absolute Gasteiger partial charge is 0.352 e. The molecule has 0 radical (unpaired) electrons. The number of nitrogens with two attached hydrogens (primary N) is 1. The normalized spacial score (nSPS) is 15.2. The highest BCUT2D eigenvalue weighted by atomic mass is 15.3. The minimum absolute atomic E-state index is 0.432. The molecule has 108 valence electrons. The molecule has 3 rings (SSSR count). The second-order valence-electron chi connectivity index (χ2n) is 5.87. The Kier molecular flexibility index (Phi) is 3.61. The van der Waals surface area contributed by atoms with Crippen molar-refractivity contribution in [2.75, 3.05) is 18.0 Å². The van der Waals surface area contributed by atoms with Gasteiger partial charge in [0.15, 0.2) is 5.82 Å². The van der Waals surface area contributed by atoms with Crippen molar-refractivity contribution in [3.8, 4) is 0 Å². The van der Waals surface area contributed by atoms with Gasteiger partial charge in [-0.3, -0.25) is 0 Å². The van der Waals surface area contributed by atoms with E-state index in [9.17, 15) is 0 Å². The first-order valence-electron chi connectivity index (χ1n) is 7.51. The van der Waals surface area contributed by atoms with Crippen LogP contribution in [-0.4, -0.2) is 33.7 Å². The molecule has 2 aromatic heterocycles. The SMILES string of the molecule is CC(C)c1cc2c(N(CCCN)C3CC3)nccn2n1. The smallest absolute Gasteiger partial charge is 0.154 e. The molecule has 1 aliphatic rings. The van der Waals surface area contributed by atoms with Gasteiger partial charge in [0, 0.05) is 25.0 Å². The zero-order chi connectivity index (χ0) is 14.1. The molecule has 1 fully saturated rings. The van der Waals surface area contributed by atoms with E-state index in [1.807, 2.05) is 16.9 Å². The number of aromatic nitrogens is 3. The van der Waals surface area contributed by atoms with Crippen LogP contribution >= 0.6 is 0 Å². The van der Waals surface area contributed by atoms with Crippen LogP contribution in [0.1, 0.15) is 44.7 Å². The van der Waals surface area contributed by atoms with Gasteiger partial charge in [-0.2, -0.15) is 5.10 Å². The first-order valence-corrected chi connectivity index (χ1v) is 7.51. The number of rotatable bonds is 6. The molecule has 0 unspecified atom stereocenters. The van der Waals surface area contributed by atoms with Gasteiger partial charge in [0.1, 0.15) is 5.52 Å². The molecule has 2 N–H and O–H groups in total. The van der Waals surface area contributed by atoms with E-state index in [1.54, 1.807) is 0 Å². The zero-order valence-electron chi connectivity index (χ0n) is 12.3. The lowest BCUT2D eigenvalue weighted by molar-refractivity contribution is 0.721. The Bertz CT molecular complexity index is 585. The van der Waals surface area contributed by atoms with Crippen LogP contribution in [0.2, 0.25) is 0 Å². The van der Waals surface area contributed by atoms with Gasteiger partial charge in [-0.05, 0) is 37.8 Å². The predicted octanol–water partition coefficient (Wildman–Crippen LogP) is 2.17. The fourth-order valence-corrected chi connectivity index (χ4v) is 2.54. The summed E-state index contributed by atoms with van der Waals surface area (Å²) in [5, 5.41) is 4.64. The zero-order valence-corrected chi connectivity index (χ0v) is 12.3. The standard InChI is InChI=1S/C15H23N5/c1-11(2)13-10-14-15(17-7-9-20(14)18-13)19(8-3-6-16)12-4-5-12/h7,9-12H,3-6,8,16H2,1-2H3. The van der Waals surface area contributed by atoms with Crippen LogP contribution in [0.5, 0.6) is 0 Å². The van der Waals surface area contributed by atoms with Gasteiger partial charge < -0.3 is 10.6 Å². The van der Waals surface area contributed by atoms with Gasteiger partial charge in [0.05, 0.1) is 5.69 Å². The molecule has 2 heterocycles. The van der Waals surface area contributed by atoms with Crippen LogP contribution in [0.4, 0.5) is 5.82 Å². The van der Waals surface area contributed by atoms with Gasteiger partial charge in [0.25, 0.3) is 0 Å². The summed E-state index contributed by atoms with van der Waals surface area (Å²) in [4.78, 5) is 7.03. The summed E-state index contributed by atoms with van der Waals surface area (Å²) in [6.07, 6.45) is 7.30. The number of anilines is 1. The molecule has 20 heavy (non-hydrogen) atoms. The Morgan fingerprint density at radius 2 is 2.25 bits per heavy atom. The molecule has 0 aliphatic heterocycles. The van der Waals surface area contributed by atoms with E-state index in [4.69, 9.17) is 5.73 Å². The maximum absolute atomic E-state index is 5.67. The van der Waals surface area contributed by atoms with Crippen LogP contribution in [0.3, 0.4) is 0 Å². The van der Waals surface area contributed by atoms with E-state index >= 15 is 0 Å². The summed E-state index contributed by atoms with van der Waals surface area (Å²) in [5.74, 6) is 1.49. The van der Waals surface area contributed by atoms with Crippen LogP contribution in [0, 0.1) is 0 Å². The van der Waals surface area contributed by atoms with Crippen molar-refractivity contribution < 1.29 is 0 Å². The van der Waals surface area contributed by atoms with E-state index < -0.39 is 0 Å². The summed E-state index contributed by atoms with van der Waals surface area (Å²) in [5.41, 5.74) is 7.90. The molecule has 0 amide bonds. The van der Waals surface area contributed by atoms with Crippen LogP contribution in [0.15, 0.2) is 18.5 Å². The van der Waals surface area contributed by atoms with Crippen molar-refractivity contribution in [2.45, 2.75) is 45.1 Å². The Labute approximate surface area is 119 Å². The van der Waals surface area contributed by atoms with E-state index in [2.05, 4.69) is 34.9 Å². The Balaban J connectivity index is 2.00. The van der Waals surface area contributed by atoms with Crippen molar-refractivity contribution in [2.24, 2.45) is 5.73 Å². The van der Waals surface area contributed by atoms with Crippen molar-refractivity contribution in [1.82, 2.24) is 14.6 Å². The predicted molar refractivity (Wildman–Crippen MR) is 81.1 cm³/mol. The molecule has 0 aromatic carbocycles. The summed E-state index contributed by atoms with van der Waals surface area (Å²) < 4.78 is 1.95. The van der Waals surface area contributed by atoms with E-state index in [-0.39, 0.29) is 0 Å².